The third-order valence-electron chi connectivity index (χ3n) is 2.24. The lowest BCUT2D eigenvalue weighted by molar-refractivity contribution is -0.00712. The molecule has 1 amide bonds. The van der Waals surface area contributed by atoms with Crippen molar-refractivity contribution in [1.82, 2.24) is 9.80 Å². The predicted octanol–water partition coefficient (Wildman–Crippen LogP) is 2.43. The largest absolute Gasteiger partial charge is 0.444 e. The van der Waals surface area contributed by atoms with E-state index < -0.39 is 0 Å². The Balaban J connectivity index is -0.000000653. The zero-order valence-electron chi connectivity index (χ0n) is 10.9. The summed E-state index contributed by atoms with van der Waals surface area (Å²) in [6.45, 7) is 7.21. The highest BCUT2D eigenvalue weighted by Gasteiger charge is 2.34. The Morgan fingerprint density at radius 3 is 1.88 bits per heavy atom. The summed E-state index contributed by atoms with van der Waals surface area (Å²) in [5.41, 5.74) is -0.389. The molecule has 1 rings (SSSR count). The van der Waals surface area contributed by atoms with Gasteiger partial charge in [-0.15, -0.1) is 37.2 Å². The summed E-state index contributed by atoms with van der Waals surface area (Å²) in [6.07, 6.45) is -0.199. The van der Waals surface area contributed by atoms with Gasteiger partial charge in [0, 0.05) is 19.1 Å². The van der Waals surface area contributed by atoms with Crippen LogP contribution in [0.4, 0.5) is 4.79 Å². The summed E-state index contributed by atoms with van der Waals surface area (Å²) in [4.78, 5) is 15.4. The number of ether oxygens (including phenoxy) is 1. The maximum absolute atomic E-state index is 11.5. The van der Waals surface area contributed by atoms with Crippen molar-refractivity contribution in [3.8, 4) is 0 Å². The molecule has 1 saturated heterocycles. The molecule has 0 radical (unpaired) electrons. The summed E-state index contributed by atoms with van der Waals surface area (Å²) in [7, 11) is 4.05. The summed E-state index contributed by atoms with van der Waals surface area (Å²) in [5, 5.41) is 0. The van der Waals surface area contributed by atoms with E-state index in [4.69, 9.17) is 4.74 Å². The third kappa shape index (κ3) is 7.19. The molecule has 0 aromatic heterocycles. The van der Waals surface area contributed by atoms with Crippen LogP contribution >= 0.6 is 37.2 Å². The molecule has 7 heteroatoms. The zero-order chi connectivity index (χ0) is 10.9. The molecule has 17 heavy (non-hydrogen) atoms. The van der Waals surface area contributed by atoms with Crippen molar-refractivity contribution in [3.63, 3.8) is 0 Å². The van der Waals surface area contributed by atoms with Gasteiger partial charge in [-0.05, 0) is 34.9 Å². The number of nitrogens with zero attached hydrogens (tertiary/aromatic N) is 2. The lowest BCUT2D eigenvalue weighted by Crippen LogP contribution is -2.59. The van der Waals surface area contributed by atoms with E-state index in [2.05, 4.69) is 4.90 Å². The fourth-order valence-corrected chi connectivity index (χ4v) is 1.26. The van der Waals surface area contributed by atoms with E-state index in [1.165, 1.54) is 0 Å². The van der Waals surface area contributed by atoms with E-state index in [0.29, 0.717) is 6.04 Å². The van der Waals surface area contributed by atoms with Gasteiger partial charge < -0.3 is 14.5 Å². The molecule has 0 bridgehead atoms. The molecule has 0 spiro atoms. The second-order valence-electron chi connectivity index (χ2n) is 5.00. The number of halogens is 3. The monoisotopic (exact) mass is 308 g/mol. The minimum Gasteiger partial charge on any atom is -0.444 e. The first-order valence-corrected chi connectivity index (χ1v) is 4.94. The summed E-state index contributed by atoms with van der Waals surface area (Å²) < 4.78 is 5.24. The quantitative estimate of drug-likeness (QED) is 0.746. The lowest BCUT2D eigenvalue weighted by atomic mass is 10.1. The lowest BCUT2D eigenvalue weighted by Gasteiger charge is -2.42. The number of hydrogen-bond acceptors (Lipinski definition) is 3. The highest BCUT2D eigenvalue weighted by molar-refractivity contribution is 5.86. The first-order valence-electron chi connectivity index (χ1n) is 4.94. The number of likely N-dealkylation sites (N-methyl/N-ethyl adjacent to an activating group) is 1. The Morgan fingerprint density at radius 2 is 1.59 bits per heavy atom. The van der Waals surface area contributed by atoms with E-state index in [0.717, 1.165) is 13.1 Å². The van der Waals surface area contributed by atoms with Crippen LogP contribution in [0, 0.1) is 0 Å². The number of hydrogen-bond donors (Lipinski definition) is 0. The fourth-order valence-electron chi connectivity index (χ4n) is 1.26. The van der Waals surface area contributed by atoms with Crippen LogP contribution in [0.25, 0.3) is 0 Å². The van der Waals surface area contributed by atoms with Crippen LogP contribution in [0.5, 0.6) is 0 Å². The van der Waals surface area contributed by atoms with Crippen molar-refractivity contribution in [2.24, 2.45) is 0 Å². The molecule has 1 aliphatic rings. The molecular weight excluding hydrogens is 286 g/mol. The summed E-state index contributed by atoms with van der Waals surface area (Å²) >= 11 is 0. The van der Waals surface area contributed by atoms with Crippen LogP contribution in [0.2, 0.25) is 0 Å². The Morgan fingerprint density at radius 1 is 1.18 bits per heavy atom. The molecular formula is C10H23Cl3N2O2. The predicted molar refractivity (Wildman–Crippen MR) is 77.0 cm³/mol. The van der Waals surface area contributed by atoms with E-state index >= 15 is 0 Å². The number of carbonyl (C=O) groups is 1. The van der Waals surface area contributed by atoms with Crippen LogP contribution in [0.15, 0.2) is 0 Å². The zero-order valence-corrected chi connectivity index (χ0v) is 13.4. The molecule has 0 aliphatic carbocycles. The first kappa shape index (κ1) is 22.3. The maximum atomic E-state index is 11.5. The standard InChI is InChI=1S/C10H20N2O2.3ClH/c1-10(2,3)14-9(13)12-6-8(7-12)11(4)5;;;/h8H,6-7H2,1-5H3;3*1H. The Labute approximate surface area is 122 Å². The van der Waals surface area contributed by atoms with E-state index in [1.54, 1.807) is 4.90 Å². The molecule has 0 aromatic carbocycles. The fraction of sp³-hybridized carbons (Fsp3) is 0.900. The molecule has 0 unspecified atom stereocenters. The minimum absolute atomic E-state index is 0. The molecule has 1 aliphatic heterocycles. The second kappa shape index (κ2) is 8.25. The van der Waals surface area contributed by atoms with Gasteiger partial charge in [-0.1, -0.05) is 0 Å². The molecule has 1 fully saturated rings. The van der Waals surface area contributed by atoms with Crippen molar-refractivity contribution in [2.45, 2.75) is 32.4 Å². The van der Waals surface area contributed by atoms with Gasteiger partial charge in [-0.2, -0.15) is 0 Å². The van der Waals surface area contributed by atoms with E-state index in [9.17, 15) is 4.79 Å². The van der Waals surface area contributed by atoms with Crippen LogP contribution in [0.3, 0.4) is 0 Å². The number of carbonyl (C=O) groups excluding carboxylic acids is 1. The van der Waals surface area contributed by atoms with E-state index in [-0.39, 0.29) is 48.9 Å². The van der Waals surface area contributed by atoms with E-state index in [1.807, 2.05) is 34.9 Å². The molecule has 4 nitrogen and oxygen atoms in total. The molecule has 106 valence electrons. The van der Waals surface area contributed by atoms with Gasteiger partial charge in [0.15, 0.2) is 0 Å². The van der Waals surface area contributed by atoms with Crippen molar-refractivity contribution < 1.29 is 9.53 Å². The Bertz CT molecular complexity index is 226. The van der Waals surface area contributed by atoms with Crippen molar-refractivity contribution in [2.75, 3.05) is 27.2 Å². The normalized spacial score (nSPS) is 15.1. The van der Waals surface area contributed by atoms with Gasteiger partial charge in [0.05, 0.1) is 0 Å². The number of amides is 1. The summed E-state index contributed by atoms with van der Waals surface area (Å²) in [6, 6.07) is 0.488. The smallest absolute Gasteiger partial charge is 0.410 e. The molecule has 0 saturated carbocycles. The average Bonchev–Trinajstić information content (AvgIpc) is 1.75. The van der Waals surface area contributed by atoms with Crippen LogP contribution in [-0.2, 0) is 4.74 Å². The molecule has 1 heterocycles. The minimum atomic E-state index is -0.389. The van der Waals surface area contributed by atoms with Gasteiger partial charge in [-0.25, -0.2) is 4.79 Å². The number of likely N-dealkylation sites (tertiary alicyclic amines) is 1. The van der Waals surface area contributed by atoms with Gasteiger partial charge in [0.2, 0.25) is 0 Å². The molecule has 0 aromatic rings. The van der Waals surface area contributed by atoms with Gasteiger partial charge in [-0.3, -0.25) is 0 Å². The maximum Gasteiger partial charge on any atom is 0.410 e. The van der Waals surface area contributed by atoms with Crippen LogP contribution < -0.4 is 0 Å². The van der Waals surface area contributed by atoms with Crippen molar-refractivity contribution in [1.29, 1.82) is 0 Å². The molecule has 0 atom stereocenters. The SMILES string of the molecule is CN(C)C1CN(C(=O)OC(C)(C)C)C1.Cl.Cl.Cl. The highest BCUT2D eigenvalue weighted by Crippen LogP contribution is 2.17. The van der Waals surface area contributed by atoms with Crippen molar-refractivity contribution in [3.05, 3.63) is 0 Å². The second-order valence-corrected chi connectivity index (χ2v) is 5.00. The first-order chi connectivity index (χ1) is 6.29. The highest BCUT2D eigenvalue weighted by atomic mass is 35.5. The third-order valence-corrected chi connectivity index (χ3v) is 2.24. The number of rotatable bonds is 1. The topological polar surface area (TPSA) is 32.8 Å². The van der Waals surface area contributed by atoms with Crippen LogP contribution in [0.1, 0.15) is 20.8 Å². The van der Waals surface area contributed by atoms with Gasteiger partial charge in [0.25, 0.3) is 0 Å². The van der Waals surface area contributed by atoms with Crippen molar-refractivity contribution >= 4 is 43.3 Å². The van der Waals surface area contributed by atoms with Crippen LogP contribution in [-0.4, -0.2) is 54.7 Å². The average molecular weight is 310 g/mol. The summed E-state index contributed by atoms with van der Waals surface area (Å²) in [5.74, 6) is 0. The van der Waals surface area contributed by atoms with Gasteiger partial charge in [0.1, 0.15) is 5.60 Å². The molecule has 0 N–H and O–H groups in total. The Kier molecular flexibility index (Phi) is 10.8. The van der Waals surface area contributed by atoms with Gasteiger partial charge >= 0.3 is 6.09 Å². The Hall–Kier alpha value is 0.1000.